The highest BCUT2D eigenvalue weighted by Crippen LogP contribution is 2.25. The van der Waals surface area contributed by atoms with Crippen LogP contribution >= 0.6 is 23.2 Å². The number of nitrogens with zero attached hydrogens (tertiary/aromatic N) is 1. The number of aryl methyl sites for hydroxylation is 1. The van der Waals surface area contributed by atoms with Gasteiger partial charge in [0.15, 0.2) is 6.61 Å². The summed E-state index contributed by atoms with van der Waals surface area (Å²) < 4.78 is 5.95. The van der Waals surface area contributed by atoms with Crippen LogP contribution < -0.4 is 10.1 Å². The number of halogens is 2. The van der Waals surface area contributed by atoms with Crippen molar-refractivity contribution in [3.63, 3.8) is 0 Å². The van der Waals surface area contributed by atoms with Gasteiger partial charge in [0.05, 0.1) is 10.0 Å². The maximum atomic E-state index is 13.7. The standard InChI is InChI=1S/C30H34Cl2N2O3/c1-20(2)17-33-30(36)27(16-23-10-6-5-7-11-23)34(18-24-13-14-25(31)26(32)15-24)29(35)19-37-28-12-8-9-21(3)22(28)4/h5-15,20,27H,16-19H2,1-4H3,(H,33,36)/t27-/m1/s1. The molecule has 0 saturated heterocycles. The third-order valence-corrected chi connectivity index (χ3v) is 6.94. The molecule has 5 nitrogen and oxygen atoms in total. The zero-order chi connectivity index (χ0) is 26.9. The Kier molecular flexibility index (Phi) is 10.4. The molecule has 3 aromatic carbocycles. The average Bonchev–Trinajstić information content (AvgIpc) is 2.88. The number of nitrogens with one attached hydrogen (secondary N) is 1. The second-order valence-corrected chi connectivity index (χ2v) is 10.4. The Morgan fingerprint density at radius 3 is 2.32 bits per heavy atom. The van der Waals surface area contributed by atoms with Crippen molar-refractivity contribution in [1.82, 2.24) is 10.2 Å². The van der Waals surface area contributed by atoms with E-state index < -0.39 is 6.04 Å². The van der Waals surface area contributed by atoms with Gasteiger partial charge in [-0.3, -0.25) is 9.59 Å². The molecular weight excluding hydrogens is 507 g/mol. The number of carbonyl (C=O) groups is 2. The van der Waals surface area contributed by atoms with E-state index in [9.17, 15) is 9.59 Å². The second kappa shape index (κ2) is 13.5. The fourth-order valence-corrected chi connectivity index (χ4v) is 4.23. The molecule has 0 radical (unpaired) electrons. The Hall–Kier alpha value is -3.02. The van der Waals surface area contributed by atoms with Crippen molar-refractivity contribution in [2.45, 2.75) is 46.7 Å². The number of ether oxygens (including phenoxy) is 1. The second-order valence-electron chi connectivity index (χ2n) is 9.60. The van der Waals surface area contributed by atoms with Gasteiger partial charge in [0.25, 0.3) is 5.91 Å². The van der Waals surface area contributed by atoms with E-state index in [1.165, 1.54) is 0 Å². The molecule has 2 amide bonds. The van der Waals surface area contributed by atoms with Crippen LogP contribution in [0.25, 0.3) is 0 Å². The number of carbonyl (C=O) groups excluding carboxylic acids is 2. The van der Waals surface area contributed by atoms with Gasteiger partial charge in [0, 0.05) is 19.5 Å². The van der Waals surface area contributed by atoms with E-state index in [2.05, 4.69) is 5.32 Å². The minimum Gasteiger partial charge on any atom is -0.483 e. The topological polar surface area (TPSA) is 58.6 Å². The van der Waals surface area contributed by atoms with Crippen molar-refractivity contribution in [3.05, 3.63) is 99.0 Å². The molecule has 0 saturated carbocycles. The van der Waals surface area contributed by atoms with Crippen LogP contribution in [0, 0.1) is 19.8 Å². The van der Waals surface area contributed by atoms with Gasteiger partial charge < -0.3 is 15.0 Å². The summed E-state index contributed by atoms with van der Waals surface area (Å²) in [5.41, 5.74) is 3.77. The molecule has 1 N–H and O–H groups in total. The molecule has 0 aromatic heterocycles. The normalized spacial score (nSPS) is 11.8. The van der Waals surface area contributed by atoms with Crippen molar-refractivity contribution in [2.24, 2.45) is 5.92 Å². The summed E-state index contributed by atoms with van der Waals surface area (Å²) in [4.78, 5) is 28.8. The monoisotopic (exact) mass is 540 g/mol. The molecule has 0 unspecified atom stereocenters. The Labute approximate surface area is 229 Å². The van der Waals surface area contributed by atoms with E-state index >= 15 is 0 Å². The summed E-state index contributed by atoms with van der Waals surface area (Å²) in [5.74, 6) is 0.408. The smallest absolute Gasteiger partial charge is 0.261 e. The molecule has 0 aliphatic heterocycles. The molecule has 37 heavy (non-hydrogen) atoms. The van der Waals surface area contributed by atoms with Crippen molar-refractivity contribution >= 4 is 35.0 Å². The van der Waals surface area contributed by atoms with Crippen LogP contribution in [0.5, 0.6) is 5.75 Å². The van der Waals surface area contributed by atoms with E-state index in [-0.39, 0.29) is 30.9 Å². The summed E-state index contributed by atoms with van der Waals surface area (Å²) in [6.45, 7) is 8.51. The van der Waals surface area contributed by atoms with Crippen LogP contribution in [-0.4, -0.2) is 35.9 Å². The van der Waals surface area contributed by atoms with E-state index in [1.54, 1.807) is 17.0 Å². The van der Waals surface area contributed by atoms with Crippen LogP contribution in [0.15, 0.2) is 66.7 Å². The molecule has 0 heterocycles. The molecule has 0 spiro atoms. The molecule has 1 atom stereocenters. The first-order valence-electron chi connectivity index (χ1n) is 12.4. The van der Waals surface area contributed by atoms with Gasteiger partial charge in [-0.25, -0.2) is 0 Å². The number of hydrogen-bond donors (Lipinski definition) is 1. The lowest BCUT2D eigenvalue weighted by molar-refractivity contribution is -0.142. The lowest BCUT2D eigenvalue weighted by Gasteiger charge is -2.32. The van der Waals surface area contributed by atoms with Gasteiger partial charge in [-0.2, -0.15) is 0 Å². The van der Waals surface area contributed by atoms with Crippen LogP contribution in [0.2, 0.25) is 10.0 Å². The van der Waals surface area contributed by atoms with Crippen LogP contribution in [0.3, 0.4) is 0 Å². The fourth-order valence-electron chi connectivity index (χ4n) is 3.91. The Bertz CT molecular complexity index is 1210. The lowest BCUT2D eigenvalue weighted by Crippen LogP contribution is -2.52. The predicted octanol–water partition coefficient (Wildman–Crippen LogP) is 6.40. The van der Waals surface area contributed by atoms with Gasteiger partial charge in [-0.1, -0.05) is 85.6 Å². The third kappa shape index (κ3) is 8.24. The number of amides is 2. The number of benzene rings is 3. The van der Waals surface area contributed by atoms with Crippen LogP contribution in [0.1, 0.15) is 36.1 Å². The highest BCUT2D eigenvalue weighted by Gasteiger charge is 2.31. The van der Waals surface area contributed by atoms with Crippen LogP contribution in [-0.2, 0) is 22.6 Å². The summed E-state index contributed by atoms with van der Waals surface area (Å²) in [6.07, 6.45) is 0.362. The van der Waals surface area contributed by atoms with Gasteiger partial charge in [0.2, 0.25) is 5.91 Å². The fraction of sp³-hybridized carbons (Fsp3) is 0.333. The van der Waals surface area contributed by atoms with Crippen molar-refractivity contribution in [3.8, 4) is 5.75 Å². The minimum atomic E-state index is -0.745. The maximum Gasteiger partial charge on any atom is 0.261 e. The molecule has 0 aliphatic rings. The average molecular weight is 542 g/mol. The first kappa shape index (κ1) is 28.5. The van der Waals surface area contributed by atoms with Gasteiger partial charge in [0.1, 0.15) is 11.8 Å². The summed E-state index contributed by atoms with van der Waals surface area (Å²) in [7, 11) is 0. The molecule has 3 rings (SSSR count). The predicted molar refractivity (Wildman–Crippen MR) is 150 cm³/mol. The first-order valence-corrected chi connectivity index (χ1v) is 13.1. The largest absolute Gasteiger partial charge is 0.483 e. The molecule has 0 aliphatic carbocycles. The van der Waals surface area contributed by atoms with E-state index in [1.807, 2.05) is 82.3 Å². The minimum absolute atomic E-state index is 0.179. The third-order valence-electron chi connectivity index (χ3n) is 6.20. The lowest BCUT2D eigenvalue weighted by atomic mass is 10.0. The van der Waals surface area contributed by atoms with Gasteiger partial charge >= 0.3 is 0 Å². The van der Waals surface area contributed by atoms with E-state index in [0.717, 1.165) is 22.3 Å². The van der Waals surface area contributed by atoms with E-state index in [4.69, 9.17) is 27.9 Å². The zero-order valence-electron chi connectivity index (χ0n) is 21.8. The van der Waals surface area contributed by atoms with Gasteiger partial charge in [-0.05, 0) is 60.2 Å². The maximum absolute atomic E-state index is 13.7. The molecule has 7 heteroatoms. The molecule has 0 fully saturated rings. The molecule has 196 valence electrons. The summed E-state index contributed by atoms with van der Waals surface area (Å²) >= 11 is 12.4. The Morgan fingerprint density at radius 1 is 0.919 bits per heavy atom. The highest BCUT2D eigenvalue weighted by atomic mass is 35.5. The van der Waals surface area contributed by atoms with E-state index in [0.29, 0.717) is 28.8 Å². The zero-order valence-corrected chi connectivity index (χ0v) is 23.3. The summed E-state index contributed by atoms with van der Waals surface area (Å²) in [5, 5.41) is 3.83. The van der Waals surface area contributed by atoms with Crippen molar-refractivity contribution < 1.29 is 14.3 Å². The highest BCUT2D eigenvalue weighted by molar-refractivity contribution is 6.42. The number of rotatable bonds is 11. The van der Waals surface area contributed by atoms with Crippen molar-refractivity contribution in [2.75, 3.05) is 13.2 Å². The SMILES string of the molecule is Cc1cccc(OCC(=O)N(Cc2ccc(Cl)c(Cl)c2)[C@H](Cc2ccccc2)C(=O)NCC(C)C)c1C. The molecular formula is C30H34Cl2N2O3. The Balaban J connectivity index is 1.94. The summed E-state index contributed by atoms with van der Waals surface area (Å²) in [6, 6.07) is 19.9. The van der Waals surface area contributed by atoms with Crippen molar-refractivity contribution in [1.29, 1.82) is 0 Å². The van der Waals surface area contributed by atoms with Gasteiger partial charge in [-0.15, -0.1) is 0 Å². The molecule has 0 bridgehead atoms. The van der Waals surface area contributed by atoms with Crippen LogP contribution in [0.4, 0.5) is 0 Å². The first-order chi connectivity index (χ1) is 17.7. The number of hydrogen-bond acceptors (Lipinski definition) is 3. The Morgan fingerprint density at radius 2 is 1.65 bits per heavy atom. The quantitative estimate of drug-likeness (QED) is 0.306. The molecule has 3 aromatic rings.